The molecule has 0 bridgehead atoms. The number of aryl methyl sites for hydroxylation is 1. The van der Waals surface area contributed by atoms with Crippen LogP contribution in [0.2, 0.25) is 0 Å². The van der Waals surface area contributed by atoms with Gasteiger partial charge in [0.15, 0.2) is 0 Å². The van der Waals surface area contributed by atoms with Crippen LogP contribution in [0, 0.1) is 6.92 Å². The molecule has 2 amide bonds. The molecule has 0 radical (unpaired) electrons. The van der Waals surface area contributed by atoms with E-state index in [4.69, 9.17) is 5.11 Å². The Labute approximate surface area is 122 Å². The Balaban J connectivity index is 2.01. The van der Waals surface area contributed by atoms with Crippen molar-refractivity contribution >= 4 is 23.5 Å². The number of anilines is 1. The Morgan fingerprint density at radius 2 is 2.14 bits per heavy atom. The fourth-order valence-electron chi connectivity index (χ4n) is 2.43. The van der Waals surface area contributed by atoms with Crippen molar-refractivity contribution in [1.29, 1.82) is 0 Å². The van der Waals surface area contributed by atoms with E-state index in [2.05, 4.69) is 10.3 Å². The molecule has 0 aromatic carbocycles. The zero-order chi connectivity index (χ0) is 15.4. The number of carboxylic acid groups (broad SMARTS) is 1. The number of H-pyrrole nitrogens is 1. The van der Waals surface area contributed by atoms with Crippen LogP contribution in [0.15, 0.2) is 6.07 Å². The summed E-state index contributed by atoms with van der Waals surface area (Å²) in [6, 6.07) is 1.56. The minimum Gasteiger partial charge on any atom is -0.477 e. The zero-order valence-corrected chi connectivity index (χ0v) is 11.9. The van der Waals surface area contributed by atoms with Gasteiger partial charge in [0.05, 0.1) is 12.2 Å². The van der Waals surface area contributed by atoms with E-state index in [9.17, 15) is 14.4 Å². The minimum atomic E-state index is -1.13. The molecule has 1 fully saturated rings. The first-order valence-electron chi connectivity index (χ1n) is 6.98. The number of carbonyl (C=O) groups is 3. The standard InChI is InChI=1S/C14H19N3O4/c1-9-7-10(13(15-9)14(20)21)16-11(18)8-17-6-4-2-3-5-12(17)19/h7,15H,2-6,8H2,1H3,(H,16,18)(H,20,21). The highest BCUT2D eigenvalue weighted by Crippen LogP contribution is 2.17. The highest BCUT2D eigenvalue weighted by molar-refractivity contribution is 6.01. The lowest BCUT2D eigenvalue weighted by molar-refractivity contribution is -0.134. The molecule has 1 aromatic heterocycles. The van der Waals surface area contributed by atoms with Gasteiger partial charge in [-0.05, 0) is 25.8 Å². The average Bonchev–Trinajstić information content (AvgIpc) is 2.65. The molecule has 0 atom stereocenters. The van der Waals surface area contributed by atoms with E-state index in [0.717, 1.165) is 19.3 Å². The van der Waals surface area contributed by atoms with Gasteiger partial charge in [-0.15, -0.1) is 0 Å². The highest BCUT2D eigenvalue weighted by atomic mass is 16.4. The van der Waals surface area contributed by atoms with Gasteiger partial charge in [-0.25, -0.2) is 4.79 Å². The summed E-state index contributed by atoms with van der Waals surface area (Å²) in [7, 11) is 0. The van der Waals surface area contributed by atoms with Crippen molar-refractivity contribution in [1.82, 2.24) is 9.88 Å². The monoisotopic (exact) mass is 293 g/mol. The fraction of sp³-hybridized carbons (Fsp3) is 0.500. The molecule has 1 aliphatic rings. The Morgan fingerprint density at radius 3 is 2.86 bits per heavy atom. The van der Waals surface area contributed by atoms with Crippen molar-refractivity contribution in [3.05, 3.63) is 17.5 Å². The third-order valence-electron chi connectivity index (χ3n) is 3.45. The van der Waals surface area contributed by atoms with Gasteiger partial charge in [0.1, 0.15) is 5.69 Å². The summed E-state index contributed by atoms with van der Waals surface area (Å²) in [5.74, 6) is -1.54. The maximum absolute atomic E-state index is 12.0. The van der Waals surface area contributed by atoms with Gasteiger partial charge in [-0.1, -0.05) is 6.42 Å². The Kier molecular flexibility index (Phi) is 4.62. The average molecular weight is 293 g/mol. The summed E-state index contributed by atoms with van der Waals surface area (Å²) in [5.41, 5.74) is 0.823. The molecule has 21 heavy (non-hydrogen) atoms. The van der Waals surface area contributed by atoms with Crippen LogP contribution in [0.4, 0.5) is 5.69 Å². The molecule has 2 rings (SSSR count). The molecule has 0 unspecified atom stereocenters. The number of hydrogen-bond acceptors (Lipinski definition) is 3. The summed E-state index contributed by atoms with van der Waals surface area (Å²) in [5, 5.41) is 11.6. The lowest BCUT2D eigenvalue weighted by Gasteiger charge is -2.19. The summed E-state index contributed by atoms with van der Waals surface area (Å²) in [4.78, 5) is 39.1. The maximum atomic E-state index is 12.0. The van der Waals surface area contributed by atoms with E-state index in [1.165, 1.54) is 4.90 Å². The third kappa shape index (κ3) is 3.84. The van der Waals surface area contributed by atoms with Crippen LogP contribution in [0.3, 0.4) is 0 Å². The zero-order valence-electron chi connectivity index (χ0n) is 11.9. The number of aromatic carboxylic acids is 1. The first-order chi connectivity index (χ1) is 9.97. The summed E-state index contributed by atoms with van der Waals surface area (Å²) in [6.07, 6.45) is 3.21. The van der Waals surface area contributed by atoms with Gasteiger partial charge in [0, 0.05) is 18.7 Å². The van der Waals surface area contributed by atoms with E-state index in [-0.39, 0.29) is 29.7 Å². The molecule has 1 aromatic rings. The smallest absolute Gasteiger partial charge is 0.354 e. The van der Waals surface area contributed by atoms with E-state index in [0.29, 0.717) is 18.7 Å². The number of carboxylic acids is 1. The van der Waals surface area contributed by atoms with Gasteiger partial charge in [-0.3, -0.25) is 9.59 Å². The number of amides is 2. The van der Waals surface area contributed by atoms with Gasteiger partial charge in [0.25, 0.3) is 0 Å². The Hall–Kier alpha value is -2.31. The second-order valence-corrected chi connectivity index (χ2v) is 5.22. The number of likely N-dealkylation sites (tertiary alicyclic amines) is 1. The SMILES string of the molecule is Cc1cc(NC(=O)CN2CCCCCC2=O)c(C(=O)O)[nH]1. The van der Waals surface area contributed by atoms with Gasteiger partial charge in [-0.2, -0.15) is 0 Å². The number of aromatic amines is 1. The third-order valence-corrected chi connectivity index (χ3v) is 3.45. The number of nitrogens with one attached hydrogen (secondary N) is 2. The normalized spacial score (nSPS) is 15.7. The van der Waals surface area contributed by atoms with Crippen molar-refractivity contribution in [2.24, 2.45) is 0 Å². The maximum Gasteiger partial charge on any atom is 0.354 e. The number of nitrogens with zero attached hydrogens (tertiary/aromatic N) is 1. The van der Waals surface area contributed by atoms with Crippen LogP contribution in [0.5, 0.6) is 0 Å². The van der Waals surface area contributed by atoms with Crippen molar-refractivity contribution in [2.45, 2.75) is 32.6 Å². The van der Waals surface area contributed by atoms with Crippen molar-refractivity contribution in [2.75, 3.05) is 18.4 Å². The molecule has 0 saturated carbocycles. The van der Waals surface area contributed by atoms with Gasteiger partial charge >= 0.3 is 5.97 Å². The van der Waals surface area contributed by atoms with Crippen molar-refractivity contribution in [3.8, 4) is 0 Å². The molecule has 3 N–H and O–H groups in total. The molecule has 114 valence electrons. The first-order valence-corrected chi connectivity index (χ1v) is 6.98. The molecule has 0 spiro atoms. The summed E-state index contributed by atoms with van der Waals surface area (Å²) in [6.45, 7) is 2.24. The molecule has 0 aliphatic carbocycles. The predicted octanol–water partition coefficient (Wildman–Crippen LogP) is 1.36. The lowest BCUT2D eigenvalue weighted by atomic mass is 10.2. The lowest BCUT2D eigenvalue weighted by Crippen LogP contribution is -2.37. The van der Waals surface area contributed by atoms with E-state index < -0.39 is 5.97 Å². The van der Waals surface area contributed by atoms with Gasteiger partial charge in [0.2, 0.25) is 11.8 Å². The molecular weight excluding hydrogens is 274 g/mol. The Morgan fingerprint density at radius 1 is 1.38 bits per heavy atom. The fourth-order valence-corrected chi connectivity index (χ4v) is 2.43. The number of carbonyl (C=O) groups excluding carboxylic acids is 2. The minimum absolute atomic E-state index is 0.0219. The van der Waals surface area contributed by atoms with Crippen LogP contribution in [-0.4, -0.2) is 45.9 Å². The van der Waals surface area contributed by atoms with E-state index in [1.807, 2.05) is 0 Å². The molecule has 2 heterocycles. The Bertz CT molecular complexity index is 565. The molecular formula is C14H19N3O4. The van der Waals surface area contributed by atoms with Gasteiger partial charge < -0.3 is 20.3 Å². The van der Waals surface area contributed by atoms with E-state index in [1.54, 1.807) is 13.0 Å². The highest BCUT2D eigenvalue weighted by Gasteiger charge is 2.21. The number of hydrogen-bond donors (Lipinski definition) is 3. The molecule has 7 nitrogen and oxygen atoms in total. The van der Waals surface area contributed by atoms with Crippen LogP contribution in [0.25, 0.3) is 0 Å². The molecule has 7 heteroatoms. The van der Waals surface area contributed by atoms with Crippen molar-refractivity contribution < 1.29 is 19.5 Å². The van der Waals surface area contributed by atoms with Crippen LogP contribution >= 0.6 is 0 Å². The molecule has 1 saturated heterocycles. The van der Waals surface area contributed by atoms with Crippen LogP contribution in [-0.2, 0) is 9.59 Å². The van der Waals surface area contributed by atoms with Crippen LogP contribution in [0.1, 0.15) is 41.9 Å². The second-order valence-electron chi connectivity index (χ2n) is 5.22. The topological polar surface area (TPSA) is 102 Å². The second kappa shape index (κ2) is 6.43. The van der Waals surface area contributed by atoms with Crippen molar-refractivity contribution in [3.63, 3.8) is 0 Å². The van der Waals surface area contributed by atoms with E-state index >= 15 is 0 Å². The number of aromatic nitrogens is 1. The molecule has 1 aliphatic heterocycles. The summed E-state index contributed by atoms with van der Waals surface area (Å²) < 4.78 is 0. The van der Waals surface area contributed by atoms with Crippen LogP contribution < -0.4 is 5.32 Å². The summed E-state index contributed by atoms with van der Waals surface area (Å²) >= 11 is 0. The largest absolute Gasteiger partial charge is 0.477 e. The quantitative estimate of drug-likeness (QED) is 0.780. The predicted molar refractivity (Wildman–Crippen MR) is 76.2 cm³/mol. The number of rotatable bonds is 4. The first kappa shape index (κ1) is 15.1.